The summed E-state index contributed by atoms with van der Waals surface area (Å²) in [5, 5.41) is 18.0. The van der Waals surface area contributed by atoms with Crippen molar-refractivity contribution in [3.05, 3.63) is 29.3 Å². The van der Waals surface area contributed by atoms with Gasteiger partial charge in [-0.25, -0.2) is 0 Å². The van der Waals surface area contributed by atoms with E-state index in [9.17, 15) is 0 Å². The molecule has 0 aliphatic rings. The molecule has 0 radical (unpaired) electrons. The zero-order valence-electron chi connectivity index (χ0n) is 12.6. The van der Waals surface area contributed by atoms with E-state index < -0.39 is 0 Å². The van der Waals surface area contributed by atoms with E-state index in [1.165, 1.54) is 0 Å². The van der Waals surface area contributed by atoms with Crippen molar-refractivity contribution in [1.82, 2.24) is 4.90 Å². The summed E-state index contributed by atoms with van der Waals surface area (Å²) in [6.07, 6.45) is 0. The van der Waals surface area contributed by atoms with E-state index in [4.69, 9.17) is 19.7 Å². The van der Waals surface area contributed by atoms with Gasteiger partial charge in [0, 0.05) is 32.3 Å². The van der Waals surface area contributed by atoms with Crippen molar-refractivity contribution in [2.45, 2.75) is 6.54 Å². The highest BCUT2D eigenvalue weighted by molar-refractivity contribution is 5.45. The Balaban J connectivity index is 2.94. The first-order valence-electron chi connectivity index (χ1n) is 6.84. The van der Waals surface area contributed by atoms with Gasteiger partial charge >= 0.3 is 0 Å². The molecule has 0 aliphatic carbocycles. The molecule has 0 fully saturated rings. The number of nitrogens with zero attached hydrogens (tertiary/aromatic N) is 1. The number of aliphatic hydroxyl groups excluding tert-OH is 2. The molecule has 1 aromatic carbocycles. The third-order valence-corrected chi connectivity index (χ3v) is 3.04. The molecule has 0 atom stereocenters. The molecule has 21 heavy (non-hydrogen) atoms. The average molecular weight is 293 g/mol. The van der Waals surface area contributed by atoms with Crippen LogP contribution in [0.3, 0.4) is 0 Å². The Morgan fingerprint density at radius 1 is 1.19 bits per heavy atom. The molecule has 5 nitrogen and oxygen atoms in total. The van der Waals surface area contributed by atoms with Gasteiger partial charge in [0.15, 0.2) is 0 Å². The fourth-order valence-corrected chi connectivity index (χ4v) is 1.96. The smallest absolute Gasteiger partial charge is 0.119 e. The second kappa shape index (κ2) is 10.2. The van der Waals surface area contributed by atoms with Crippen molar-refractivity contribution in [3.63, 3.8) is 0 Å². The third-order valence-electron chi connectivity index (χ3n) is 3.04. The van der Waals surface area contributed by atoms with Crippen LogP contribution in [-0.4, -0.2) is 62.2 Å². The monoisotopic (exact) mass is 293 g/mol. The molecule has 0 heterocycles. The number of ether oxygens (including phenoxy) is 2. The highest BCUT2D eigenvalue weighted by Gasteiger charge is 2.09. The Hall–Kier alpha value is -1.58. The van der Waals surface area contributed by atoms with Crippen LogP contribution in [0.5, 0.6) is 5.75 Å². The minimum atomic E-state index is -0.171. The molecule has 0 bridgehead atoms. The minimum absolute atomic E-state index is 0.0886. The molecule has 0 amide bonds. The molecular weight excluding hydrogens is 270 g/mol. The van der Waals surface area contributed by atoms with Crippen molar-refractivity contribution in [2.24, 2.45) is 0 Å². The van der Waals surface area contributed by atoms with Crippen LogP contribution in [0.25, 0.3) is 0 Å². The molecular formula is C16H23NO4. The van der Waals surface area contributed by atoms with E-state index in [1.54, 1.807) is 14.2 Å². The summed E-state index contributed by atoms with van der Waals surface area (Å²) >= 11 is 0. The molecule has 1 rings (SSSR count). The standard InChI is InChI=1S/C16H23NO4/c1-20-11-8-17(7-10-19)13-15-12-16(21-2)6-5-14(15)4-3-9-18/h5-6,12,18-19H,7-11,13H2,1-2H3. The van der Waals surface area contributed by atoms with Gasteiger partial charge in [0.25, 0.3) is 0 Å². The summed E-state index contributed by atoms with van der Waals surface area (Å²) in [6.45, 7) is 2.44. The molecule has 0 saturated heterocycles. The normalized spacial score (nSPS) is 10.3. The Labute approximate surface area is 126 Å². The van der Waals surface area contributed by atoms with E-state index >= 15 is 0 Å². The molecule has 0 unspecified atom stereocenters. The fourth-order valence-electron chi connectivity index (χ4n) is 1.96. The minimum Gasteiger partial charge on any atom is -0.497 e. The maximum atomic E-state index is 9.16. The van der Waals surface area contributed by atoms with Crippen LogP contribution in [0, 0.1) is 11.8 Å². The van der Waals surface area contributed by atoms with Gasteiger partial charge in [0.2, 0.25) is 0 Å². The molecule has 0 saturated carbocycles. The van der Waals surface area contributed by atoms with Gasteiger partial charge < -0.3 is 19.7 Å². The largest absolute Gasteiger partial charge is 0.497 e. The lowest BCUT2D eigenvalue weighted by Gasteiger charge is -2.22. The first kappa shape index (κ1) is 17.5. The van der Waals surface area contributed by atoms with E-state index in [-0.39, 0.29) is 13.2 Å². The quantitative estimate of drug-likeness (QED) is 0.683. The summed E-state index contributed by atoms with van der Waals surface area (Å²) in [7, 11) is 3.27. The van der Waals surface area contributed by atoms with Gasteiger partial charge in [-0.2, -0.15) is 0 Å². The van der Waals surface area contributed by atoms with Crippen molar-refractivity contribution < 1.29 is 19.7 Å². The highest BCUT2D eigenvalue weighted by Crippen LogP contribution is 2.19. The van der Waals surface area contributed by atoms with Crippen molar-refractivity contribution in [3.8, 4) is 17.6 Å². The Morgan fingerprint density at radius 3 is 2.62 bits per heavy atom. The van der Waals surface area contributed by atoms with Gasteiger partial charge in [-0.3, -0.25) is 4.90 Å². The maximum Gasteiger partial charge on any atom is 0.119 e. The van der Waals surface area contributed by atoms with Crippen LogP contribution in [0.15, 0.2) is 18.2 Å². The van der Waals surface area contributed by atoms with Crippen LogP contribution in [0.4, 0.5) is 0 Å². The summed E-state index contributed by atoms with van der Waals surface area (Å²) in [4.78, 5) is 2.09. The molecule has 2 N–H and O–H groups in total. The van der Waals surface area contributed by atoms with Crippen LogP contribution in [-0.2, 0) is 11.3 Å². The van der Waals surface area contributed by atoms with Crippen LogP contribution < -0.4 is 4.74 Å². The molecule has 0 spiro atoms. The predicted molar refractivity (Wildman–Crippen MR) is 81.2 cm³/mol. The summed E-state index contributed by atoms with van der Waals surface area (Å²) in [5.74, 6) is 6.36. The summed E-state index contributed by atoms with van der Waals surface area (Å²) in [5.41, 5.74) is 1.85. The first-order valence-corrected chi connectivity index (χ1v) is 6.84. The zero-order chi connectivity index (χ0) is 15.5. The maximum absolute atomic E-state index is 9.16. The van der Waals surface area contributed by atoms with Crippen LogP contribution >= 0.6 is 0 Å². The van der Waals surface area contributed by atoms with Gasteiger partial charge in [-0.15, -0.1) is 0 Å². The Bertz CT molecular complexity index is 479. The SMILES string of the molecule is COCCN(CCO)Cc1cc(OC)ccc1C#CCO. The predicted octanol–water partition coefficient (Wildman–Crippen LogP) is 0.480. The van der Waals surface area contributed by atoms with Crippen molar-refractivity contribution in [1.29, 1.82) is 0 Å². The number of rotatable bonds is 8. The van der Waals surface area contributed by atoms with Crippen LogP contribution in [0.2, 0.25) is 0 Å². The number of hydrogen-bond acceptors (Lipinski definition) is 5. The van der Waals surface area contributed by atoms with E-state index in [0.717, 1.165) is 23.4 Å². The lowest BCUT2D eigenvalue weighted by molar-refractivity contribution is 0.127. The Kier molecular flexibility index (Phi) is 8.48. The lowest BCUT2D eigenvalue weighted by Crippen LogP contribution is -2.30. The zero-order valence-corrected chi connectivity index (χ0v) is 12.6. The van der Waals surface area contributed by atoms with Crippen LogP contribution in [0.1, 0.15) is 11.1 Å². The second-order valence-electron chi connectivity index (χ2n) is 4.48. The van der Waals surface area contributed by atoms with Gasteiger partial charge in [0.1, 0.15) is 12.4 Å². The molecule has 0 aromatic heterocycles. The van der Waals surface area contributed by atoms with Gasteiger partial charge in [-0.05, 0) is 23.8 Å². The van der Waals surface area contributed by atoms with E-state index in [2.05, 4.69) is 16.7 Å². The van der Waals surface area contributed by atoms with Gasteiger partial charge in [0.05, 0.1) is 20.3 Å². The number of methoxy groups -OCH3 is 2. The average Bonchev–Trinajstić information content (AvgIpc) is 2.51. The molecule has 0 aliphatic heterocycles. The van der Waals surface area contributed by atoms with Gasteiger partial charge in [-0.1, -0.05) is 11.8 Å². The first-order chi connectivity index (χ1) is 10.2. The number of aliphatic hydroxyl groups is 2. The van der Waals surface area contributed by atoms with Crippen molar-refractivity contribution >= 4 is 0 Å². The lowest BCUT2D eigenvalue weighted by atomic mass is 10.1. The fraction of sp³-hybridized carbons (Fsp3) is 0.500. The molecule has 116 valence electrons. The third kappa shape index (κ3) is 6.15. The summed E-state index contributed by atoms with van der Waals surface area (Å²) < 4.78 is 10.3. The number of benzene rings is 1. The highest BCUT2D eigenvalue weighted by atomic mass is 16.5. The van der Waals surface area contributed by atoms with E-state index in [0.29, 0.717) is 19.7 Å². The topological polar surface area (TPSA) is 62.2 Å². The second-order valence-corrected chi connectivity index (χ2v) is 4.48. The molecule has 5 heteroatoms. The number of hydrogen-bond donors (Lipinski definition) is 2. The summed E-state index contributed by atoms with van der Waals surface area (Å²) in [6, 6.07) is 5.65. The van der Waals surface area contributed by atoms with Crippen molar-refractivity contribution in [2.75, 3.05) is 47.1 Å². The molecule has 1 aromatic rings. The van der Waals surface area contributed by atoms with E-state index in [1.807, 2.05) is 18.2 Å². The Morgan fingerprint density at radius 2 is 2.00 bits per heavy atom.